The van der Waals surface area contributed by atoms with Crippen LogP contribution in [0.3, 0.4) is 0 Å². The first kappa shape index (κ1) is 17.0. The van der Waals surface area contributed by atoms with E-state index in [0.717, 1.165) is 10.2 Å². The highest BCUT2D eigenvalue weighted by Gasteiger charge is 2.40. The van der Waals surface area contributed by atoms with Gasteiger partial charge in [-0.1, -0.05) is 0 Å². The Morgan fingerprint density at radius 3 is 2.55 bits per heavy atom. The Bertz CT molecular complexity index is 597. The van der Waals surface area contributed by atoms with Crippen LogP contribution >= 0.6 is 27.3 Å². The number of nitrogens with zero attached hydrogens (tertiary/aromatic N) is 1. The number of rotatable bonds is 6. The van der Waals surface area contributed by atoms with Gasteiger partial charge in [-0.3, -0.25) is 14.4 Å². The molecule has 1 heterocycles. The number of aliphatic carboxylic acids is 1. The Morgan fingerprint density at radius 1 is 1.41 bits per heavy atom. The van der Waals surface area contributed by atoms with Crippen molar-refractivity contribution in [3.05, 3.63) is 20.8 Å². The van der Waals surface area contributed by atoms with Crippen molar-refractivity contribution in [2.24, 2.45) is 0 Å². The van der Waals surface area contributed by atoms with Crippen LogP contribution in [0.5, 0.6) is 0 Å². The Kier molecular flexibility index (Phi) is 5.23. The Labute approximate surface area is 140 Å². The standard InChI is InChI=1S/C14H17BrN2O4S/c1-17(13(21)9-3-4-10(15)22-9)8-11(18)16-14(5-2-6-14)7-12(19)20/h3-4H,2,5-8H2,1H3,(H,16,18)(H,19,20). The molecule has 0 spiro atoms. The molecule has 2 amide bonds. The summed E-state index contributed by atoms with van der Waals surface area (Å²) >= 11 is 4.60. The fourth-order valence-corrected chi connectivity index (χ4v) is 3.86. The van der Waals surface area contributed by atoms with Gasteiger partial charge in [0.2, 0.25) is 5.91 Å². The average molecular weight is 389 g/mol. The third-order valence-corrected chi connectivity index (χ3v) is 5.33. The molecule has 22 heavy (non-hydrogen) atoms. The third kappa shape index (κ3) is 4.07. The molecule has 0 atom stereocenters. The van der Waals surface area contributed by atoms with E-state index >= 15 is 0 Å². The van der Waals surface area contributed by atoms with Gasteiger partial charge in [-0.15, -0.1) is 11.3 Å². The minimum atomic E-state index is -0.923. The number of nitrogens with one attached hydrogen (secondary N) is 1. The van der Waals surface area contributed by atoms with Gasteiger partial charge in [-0.25, -0.2) is 0 Å². The maximum Gasteiger partial charge on any atom is 0.305 e. The number of halogens is 1. The molecule has 0 radical (unpaired) electrons. The third-order valence-electron chi connectivity index (χ3n) is 3.72. The Hall–Kier alpha value is -1.41. The van der Waals surface area contributed by atoms with Crippen molar-refractivity contribution in [1.29, 1.82) is 0 Å². The summed E-state index contributed by atoms with van der Waals surface area (Å²) in [4.78, 5) is 37.0. The minimum Gasteiger partial charge on any atom is -0.481 e. The largest absolute Gasteiger partial charge is 0.481 e. The van der Waals surface area contributed by atoms with E-state index in [1.54, 1.807) is 19.2 Å². The van der Waals surface area contributed by atoms with Crippen molar-refractivity contribution >= 4 is 45.1 Å². The topological polar surface area (TPSA) is 86.7 Å². The zero-order valence-electron chi connectivity index (χ0n) is 12.1. The summed E-state index contributed by atoms with van der Waals surface area (Å²) in [6.45, 7) is -0.0876. The lowest BCUT2D eigenvalue weighted by molar-refractivity contribution is -0.140. The van der Waals surface area contributed by atoms with Gasteiger partial charge in [0, 0.05) is 7.05 Å². The van der Waals surface area contributed by atoms with E-state index < -0.39 is 11.5 Å². The second-order valence-corrected chi connectivity index (χ2v) is 7.98. The van der Waals surface area contributed by atoms with Crippen LogP contribution < -0.4 is 5.32 Å². The van der Waals surface area contributed by atoms with Gasteiger partial charge >= 0.3 is 5.97 Å². The molecule has 120 valence electrons. The number of carbonyl (C=O) groups excluding carboxylic acids is 2. The van der Waals surface area contributed by atoms with Crippen molar-refractivity contribution in [1.82, 2.24) is 10.2 Å². The molecule has 1 aromatic rings. The van der Waals surface area contributed by atoms with Crippen molar-refractivity contribution in [2.75, 3.05) is 13.6 Å². The zero-order valence-corrected chi connectivity index (χ0v) is 14.5. The van der Waals surface area contributed by atoms with Gasteiger partial charge in [0.25, 0.3) is 5.91 Å². The number of hydrogen-bond acceptors (Lipinski definition) is 4. The number of carbonyl (C=O) groups is 3. The smallest absolute Gasteiger partial charge is 0.305 e. The van der Waals surface area contributed by atoms with Crippen LogP contribution in [-0.4, -0.2) is 46.9 Å². The number of likely N-dealkylation sites (N-methyl/N-ethyl adjacent to an activating group) is 1. The zero-order chi connectivity index (χ0) is 16.3. The maximum atomic E-state index is 12.2. The fourth-order valence-electron chi connectivity index (χ4n) is 2.48. The summed E-state index contributed by atoms with van der Waals surface area (Å²) < 4.78 is 0.851. The molecule has 0 bridgehead atoms. The SMILES string of the molecule is CN(CC(=O)NC1(CC(=O)O)CCC1)C(=O)c1ccc(Br)s1. The molecular formula is C14H17BrN2O4S. The lowest BCUT2D eigenvalue weighted by Crippen LogP contribution is -2.56. The average Bonchev–Trinajstić information content (AvgIpc) is 2.81. The number of carboxylic acid groups (broad SMARTS) is 1. The molecule has 1 fully saturated rings. The summed E-state index contributed by atoms with van der Waals surface area (Å²) in [7, 11) is 1.56. The lowest BCUT2D eigenvalue weighted by Gasteiger charge is -2.41. The van der Waals surface area contributed by atoms with Gasteiger partial charge in [-0.2, -0.15) is 0 Å². The van der Waals surface area contributed by atoms with Gasteiger partial charge < -0.3 is 15.3 Å². The molecule has 0 unspecified atom stereocenters. The lowest BCUT2D eigenvalue weighted by atomic mass is 9.74. The van der Waals surface area contributed by atoms with Crippen LogP contribution in [0, 0.1) is 0 Å². The summed E-state index contributed by atoms with van der Waals surface area (Å²) in [6.07, 6.45) is 2.17. The van der Waals surface area contributed by atoms with E-state index in [0.29, 0.717) is 17.7 Å². The summed E-state index contributed by atoms with van der Waals surface area (Å²) in [5.41, 5.74) is -0.640. The molecule has 1 aliphatic rings. The van der Waals surface area contributed by atoms with Crippen molar-refractivity contribution in [2.45, 2.75) is 31.2 Å². The number of hydrogen-bond donors (Lipinski definition) is 2. The van der Waals surface area contributed by atoms with Gasteiger partial charge in [0.1, 0.15) is 0 Å². The maximum absolute atomic E-state index is 12.2. The van der Waals surface area contributed by atoms with E-state index in [4.69, 9.17) is 5.11 Å². The quantitative estimate of drug-likeness (QED) is 0.780. The molecule has 8 heteroatoms. The van der Waals surface area contributed by atoms with E-state index in [9.17, 15) is 14.4 Å². The fraction of sp³-hybridized carbons (Fsp3) is 0.500. The number of carboxylic acids is 1. The second-order valence-electron chi connectivity index (χ2n) is 5.52. The van der Waals surface area contributed by atoms with E-state index in [1.807, 2.05) is 0 Å². The van der Waals surface area contributed by atoms with Crippen molar-refractivity contribution in [3.8, 4) is 0 Å². The molecule has 0 aromatic carbocycles. The first-order valence-corrected chi connectivity index (χ1v) is 8.46. The van der Waals surface area contributed by atoms with Crippen LogP contribution in [-0.2, 0) is 9.59 Å². The van der Waals surface area contributed by atoms with Gasteiger partial charge in [-0.05, 0) is 47.3 Å². The Morgan fingerprint density at radius 2 is 2.09 bits per heavy atom. The number of amides is 2. The highest BCUT2D eigenvalue weighted by molar-refractivity contribution is 9.11. The van der Waals surface area contributed by atoms with Gasteiger partial charge in [0.05, 0.1) is 27.2 Å². The first-order valence-electron chi connectivity index (χ1n) is 6.85. The molecule has 1 aromatic heterocycles. The highest BCUT2D eigenvalue weighted by Crippen LogP contribution is 2.34. The van der Waals surface area contributed by atoms with E-state index in [-0.39, 0.29) is 24.8 Å². The molecule has 1 saturated carbocycles. The predicted octanol–water partition coefficient (Wildman–Crippen LogP) is 2.10. The summed E-state index contributed by atoms with van der Waals surface area (Å²) in [5.74, 6) is -1.48. The molecule has 6 nitrogen and oxygen atoms in total. The predicted molar refractivity (Wildman–Crippen MR) is 86.0 cm³/mol. The molecule has 2 rings (SSSR count). The summed E-state index contributed by atoms with van der Waals surface area (Å²) in [6, 6.07) is 3.48. The first-order chi connectivity index (χ1) is 10.3. The molecule has 1 aliphatic carbocycles. The monoisotopic (exact) mass is 388 g/mol. The van der Waals surface area contributed by atoms with Crippen LogP contribution in [0.15, 0.2) is 15.9 Å². The van der Waals surface area contributed by atoms with Crippen molar-refractivity contribution in [3.63, 3.8) is 0 Å². The second kappa shape index (κ2) is 6.78. The Balaban J connectivity index is 1.91. The molecule has 2 N–H and O–H groups in total. The van der Waals surface area contributed by atoms with E-state index in [1.165, 1.54) is 16.2 Å². The van der Waals surface area contributed by atoms with Crippen LogP contribution in [0.2, 0.25) is 0 Å². The summed E-state index contributed by atoms with van der Waals surface area (Å²) in [5, 5.41) is 11.7. The van der Waals surface area contributed by atoms with Crippen LogP contribution in [0.25, 0.3) is 0 Å². The molecule has 0 saturated heterocycles. The molecule has 0 aliphatic heterocycles. The van der Waals surface area contributed by atoms with Crippen molar-refractivity contribution < 1.29 is 19.5 Å². The minimum absolute atomic E-state index is 0.0751. The number of thiophene rings is 1. The molecular weight excluding hydrogens is 372 g/mol. The van der Waals surface area contributed by atoms with Gasteiger partial charge in [0.15, 0.2) is 0 Å². The van der Waals surface area contributed by atoms with Crippen LogP contribution in [0.4, 0.5) is 0 Å². The highest BCUT2D eigenvalue weighted by atomic mass is 79.9. The normalized spacial score (nSPS) is 15.7. The van der Waals surface area contributed by atoms with Crippen LogP contribution in [0.1, 0.15) is 35.4 Å². The van der Waals surface area contributed by atoms with E-state index in [2.05, 4.69) is 21.2 Å².